The number of carbonyl (C=O) groups is 1. The summed E-state index contributed by atoms with van der Waals surface area (Å²) in [5, 5.41) is 10.8. The molecule has 0 aliphatic carbocycles. The van der Waals surface area contributed by atoms with Crippen LogP contribution in [0.3, 0.4) is 0 Å². The van der Waals surface area contributed by atoms with Gasteiger partial charge < -0.3 is 9.64 Å². The standard InChI is InChI=1S/C21H21F3N6O2/c22-21(23,24)17-3-1-2-15(11-17)10-16-4-5-18(25-12-16)19-13-29(8-9-32-19)20(31)6-7-30-14-26-27-28-30/h1-5,11-12,14,19H,6-10,13H2. The van der Waals surface area contributed by atoms with Crippen LogP contribution in [-0.4, -0.2) is 55.7 Å². The van der Waals surface area contributed by atoms with Gasteiger partial charge in [-0.15, -0.1) is 5.10 Å². The minimum Gasteiger partial charge on any atom is -0.368 e. The normalized spacial score (nSPS) is 16.8. The number of tetrazole rings is 1. The third-order valence-electron chi connectivity index (χ3n) is 5.21. The molecule has 2 aromatic heterocycles. The number of halogens is 3. The lowest BCUT2D eigenvalue weighted by molar-refractivity contribution is -0.139. The fourth-order valence-electron chi connectivity index (χ4n) is 3.53. The zero-order valence-electron chi connectivity index (χ0n) is 17.1. The first-order valence-electron chi connectivity index (χ1n) is 10.1. The van der Waals surface area contributed by atoms with E-state index in [-0.39, 0.29) is 18.4 Å². The van der Waals surface area contributed by atoms with Gasteiger partial charge >= 0.3 is 6.18 Å². The van der Waals surface area contributed by atoms with Crippen molar-refractivity contribution in [1.82, 2.24) is 30.1 Å². The Labute approximate surface area is 182 Å². The van der Waals surface area contributed by atoms with Crippen LogP contribution in [0.5, 0.6) is 0 Å². The molecule has 0 spiro atoms. The van der Waals surface area contributed by atoms with Crippen LogP contribution >= 0.6 is 0 Å². The molecule has 168 valence electrons. The van der Waals surface area contributed by atoms with Gasteiger partial charge in [-0.3, -0.25) is 9.78 Å². The van der Waals surface area contributed by atoms with Gasteiger partial charge in [-0.2, -0.15) is 13.2 Å². The molecular weight excluding hydrogens is 425 g/mol. The number of ether oxygens (including phenoxy) is 1. The Balaban J connectivity index is 1.35. The molecule has 1 saturated heterocycles. The third-order valence-corrected chi connectivity index (χ3v) is 5.21. The van der Waals surface area contributed by atoms with Crippen LogP contribution in [0, 0.1) is 0 Å². The van der Waals surface area contributed by atoms with Gasteiger partial charge in [0.1, 0.15) is 12.4 Å². The largest absolute Gasteiger partial charge is 0.416 e. The lowest BCUT2D eigenvalue weighted by atomic mass is 10.0. The van der Waals surface area contributed by atoms with Crippen LogP contribution < -0.4 is 0 Å². The Bertz CT molecular complexity index is 1040. The molecule has 1 aliphatic heterocycles. The first-order chi connectivity index (χ1) is 15.4. The van der Waals surface area contributed by atoms with Crippen LogP contribution in [0.1, 0.15) is 34.9 Å². The minimum atomic E-state index is -4.37. The van der Waals surface area contributed by atoms with Crippen molar-refractivity contribution in [3.63, 3.8) is 0 Å². The van der Waals surface area contributed by atoms with E-state index in [0.29, 0.717) is 43.9 Å². The predicted molar refractivity (Wildman–Crippen MR) is 106 cm³/mol. The molecule has 3 aromatic rings. The molecule has 8 nitrogen and oxygen atoms in total. The molecule has 32 heavy (non-hydrogen) atoms. The number of benzene rings is 1. The number of amides is 1. The van der Waals surface area contributed by atoms with E-state index in [2.05, 4.69) is 20.5 Å². The molecule has 0 saturated carbocycles. The molecule has 1 fully saturated rings. The van der Waals surface area contributed by atoms with Crippen LogP contribution in [0.15, 0.2) is 48.9 Å². The highest BCUT2D eigenvalue weighted by Gasteiger charge is 2.30. The molecule has 4 rings (SSSR count). The Morgan fingerprint density at radius 1 is 1.19 bits per heavy atom. The summed E-state index contributed by atoms with van der Waals surface area (Å²) in [5.41, 5.74) is 1.36. The highest BCUT2D eigenvalue weighted by atomic mass is 19.4. The van der Waals surface area contributed by atoms with Crippen molar-refractivity contribution in [3.05, 3.63) is 71.3 Å². The van der Waals surface area contributed by atoms with E-state index in [1.54, 1.807) is 23.2 Å². The van der Waals surface area contributed by atoms with Crippen LogP contribution in [0.4, 0.5) is 13.2 Å². The van der Waals surface area contributed by atoms with Crippen molar-refractivity contribution >= 4 is 5.91 Å². The number of aryl methyl sites for hydroxylation is 1. The van der Waals surface area contributed by atoms with Gasteiger partial charge in [0.2, 0.25) is 5.91 Å². The SMILES string of the molecule is O=C(CCn1cnnn1)N1CCOC(c2ccc(Cc3cccc(C(F)(F)F)c3)cn2)C1. The summed E-state index contributed by atoms with van der Waals surface area (Å²) >= 11 is 0. The summed E-state index contributed by atoms with van der Waals surface area (Å²) in [6, 6.07) is 8.89. The van der Waals surface area contributed by atoms with Crippen molar-refractivity contribution in [2.75, 3.05) is 19.7 Å². The van der Waals surface area contributed by atoms with E-state index in [4.69, 9.17) is 4.74 Å². The predicted octanol–water partition coefficient (Wildman–Crippen LogP) is 2.67. The number of rotatable bonds is 6. The molecule has 11 heteroatoms. The smallest absolute Gasteiger partial charge is 0.368 e. The summed E-state index contributed by atoms with van der Waals surface area (Å²) < 4.78 is 46.0. The summed E-state index contributed by atoms with van der Waals surface area (Å²) in [4.78, 5) is 18.7. The number of morpholine rings is 1. The van der Waals surface area contributed by atoms with Gasteiger partial charge in [-0.05, 0) is 40.1 Å². The first kappa shape index (κ1) is 21.9. The molecule has 0 bridgehead atoms. The van der Waals surface area contributed by atoms with Crippen molar-refractivity contribution in [1.29, 1.82) is 0 Å². The zero-order valence-corrected chi connectivity index (χ0v) is 17.1. The second-order valence-electron chi connectivity index (χ2n) is 7.49. The Morgan fingerprint density at radius 3 is 2.78 bits per heavy atom. The van der Waals surface area contributed by atoms with Gasteiger partial charge in [0.15, 0.2) is 0 Å². The molecule has 1 amide bonds. The molecule has 3 heterocycles. The summed E-state index contributed by atoms with van der Waals surface area (Å²) in [7, 11) is 0. The Hall–Kier alpha value is -3.34. The maximum absolute atomic E-state index is 12.9. The van der Waals surface area contributed by atoms with Gasteiger partial charge in [0.25, 0.3) is 0 Å². The molecule has 1 unspecified atom stereocenters. The average molecular weight is 446 g/mol. The summed E-state index contributed by atoms with van der Waals surface area (Å²) in [6.07, 6.45) is -1.02. The maximum Gasteiger partial charge on any atom is 0.416 e. The highest BCUT2D eigenvalue weighted by molar-refractivity contribution is 5.76. The van der Waals surface area contributed by atoms with Crippen LogP contribution in [-0.2, 0) is 28.7 Å². The van der Waals surface area contributed by atoms with E-state index in [9.17, 15) is 18.0 Å². The summed E-state index contributed by atoms with van der Waals surface area (Å²) in [6.45, 7) is 1.68. The van der Waals surface area contributed by atoms with E-state index in [0.717, 1.165) is 17.7 Å². The third kappa shape index (κ3) is 5.47. The van der Waals surface area contributed by atoms with Crippen LogP contribution in [0.2, 0.25) is 0 Å². The van der Waals surface area contributed by atoms with Gasteiger partial charge in [-0.25, -0.2) is 4.68 Å². The monoisotopic (exact) mass is 446 g/mol. The van der Waals surface area contributed by atoms with E-state index >= 15 is 0 Å². The number of hydrogen-bond acceptors (Lipinski definition) is 6. The van der Waals surface area contributed by atoms with E-state index < -0.39 is 11.7 Å². The second kappa shape index (κ2) is 9.43. The molecule has 1 atom stereocenters. The number of alkyl halides is 3. The second-order valence-corrected chi connectivity index (χ2v) is 7.49. The van der Waals surface area contributed by atoms with E-state index in [1.165, 1.54) is 17.1 Å². The quantitative estimate of drug-likeness (QED) is 0.579. The first-order valence-corrected chi connectivity index (χ1v) is 10.1. The van der Waals surface area contributed by atoms with Gasteiger partial charge in [0, 0.05) is 19.2 Å². The average Bonchev–Trinajstić information content (AvgIpc) is 3.31. The number of carbonyl (C=O) groups excluding carboxylic acids is 1. The zero-order chi connectivity index (χ0) is 22.6. The van der Waals surface area contributed by atoms with Crippen molar-refractivity contribution in [3.8, 4) is 0 Å². The van der Waals surface area contributed by atoms with Crippen molar-refractivity contribution < 1.29 is 22.7 Å². The maximum atomic E-state index is 12.9. The number of nitrogens with zero attached hydrogens (tertiary/aromatic N) is 6. The highest BCUT2D eigenvalue weighted by Crippen LogP contribution is 2.30. The van der Waals surface area contributed by atoms with Gasteiger partial charge in [-0.1, -0.05) is 24.3 Å². The molecule has 1 aliphatic rings. The fraction of sp³-hybridized carbons (Fsp3) is 0.381. The van der Waals surface area contributed by atoms with Crippen molar-refractivity contribution in [2.24, 2.45) is 0 Å². The van der Waals surface area contributed by atoms with Gasteiger partial charge in [0.05, 0.1) is 31.0 Å². The Morgan fingerprint density at radius 2 is 2.06 bits per heavy atom. The molecule has 0 radical (unpaired) electrons. The molecular formula is C21H21F3N6O2. The molecule has 1 aromatic carbocycles. The molecule has 0 N–H and O–H groups in total. The number of pyridine rings is 1. The van der Waals surface area contributed by atoms with E-state index in [1.807, 2.05) is 6.07 Å². The number of hydrogen-bond donors (Lipinski definition) is 0. The minimum absolute atomic E-state index is 0.0185. The lowest BCUT2D eigenvalue weighted by Crippen LogP contribution is -2.42. The lowest BCUT2D eigenvalue weighted by Gasteiger charge is -2.32. The van der Waals surface area contributed by atoms with Crippen LogP contribution in [0.25, 0.3) is 0 Å². The number of aromatic nitrogens is 5. The summed E-state index contributed by atoms with van der Waals surface area (Å²) in [5.74, 6) is -0.0185. The topological polar surface area (TPSA) is 86.0 Å². The van der Waals surface area contributed by atoms with Crippen molar-refractivity contribution in [2.45, 2.75) is 31.7 Å². The Kier molecular flexibility index (Phi) is 6.45. The fourth-order valence-corrected chi connectivity index (χ4v) is 3.53.